The predicted octanol–water partition coefficient (Wildman–Crippen LogP) is -1.14. The van der Waals surface area contributed by atoms with Gasteiger partial charge in [-0.2, -0.15) is 9.36 Å². The number of tetrazole rings is 1. The van der Waals surface area contributed by atoms with E-state index in [1.165, 1.54) is 0 Å². The van der Waals surface area contributed by atoms with Crippen LogP contribution in [0, 0.1) is 10.1 Å². The van der Waals surface area contributed by atoms with E-state index in [2.05, 4.69) is 20.5 Å². The van der Waals surface area contributed by atoms with Crippen molar-refractivity contribution in [3.63, 3.8) is 0 Å². The lowest BCUT2D eigenvalue weighted by molar-refractivity contribution is -0.394. The van der Waals surface area contributed by atoms with Gasteiger partial charge in [0.2, 0.25) is 6.33 Å². The van der Waals surface area contributed by atoms with Gasteiger partial charge < -0.3 is 10.1 Å². The van der Waals surface area contributed by atoms with Crippen LogP contribution in [0.3, 0.4) is 0 Å². The number of nitro groups is 1. The van der Waals surface area contributed by atoms with Crippen molar-refractivity contribution in [2.24, 2.45) is 0 Å². The van der Waals surface area contributed by atoms with Gasteiger partial charge in [0.15, 0.2) is 0 Å². The van der Waals surface area contributed by atoms with E-state index in [4.69, 9.17) is 0 Å². The Bertz CT molecular complexity index is 710. The minimum absolute atomic E-state index is 0.239. The Morgan fingerprint density at radius 3 is 2.65 bits per heavy atom. The summed E-state index contributed by atoms with van der Waals surface area (Å²) < 4.78 is 2.57. The van der Waals surface area contributed by atoms with Crippen LogP contribution in [0.4, 0.5) is 5.95 Å². The summed E-state index contributed by atoms with van der Waals surface area (Å²) in [6, 6.07) is -0.239. The van der Waals surface area contributed by atoms with Gasteiger partial charge in [-0.25, -0.2) is 4.79 Å². The van der Waals surface area contributed by atoms with Gasteiger partial charge in [0.1, 0.15) is 6.54 Å². The molecule has 2 heterocycles. The Hall–Kier alpha value is -2.92. The van der Waals surface area contributed by atoms with E-state index in [1.807, 2.05) is 0 Å². The van der Waals surface area contributed by atoms with Crippen molar-refractivity contribution >= 4 is 11.9 Å². The number of hydrogen-bond donors (Lipinski definition) is 0. The van der Waals surface area contributed by atoms with Gasteiger partial charge in [0, 0.05) is 5.10 Å². The van der Waals surface area contributed by atoms with Gasteiger partial charge in [-0.3, -0.25) is 4.79 Å². The van der Waals surface area contributed by atoms with E-state index in [9.17, 15) is 19.7 Å². The lowest BCUT2D eigenvalue weighted by atomic mass is 10.4. The summed E-state index contributed by atoms with van der Waals surface area (Å²) in [4.78, 5) is 36.6. The van der Waals surface area contributed by atoms with Crippen LogP contribution in [0.2, 0.25) is 0 Å². The third-order valence-electron chi connectivity index (χ3n) is 2.31. The SMILES string of the molecule is CC(C)n1nnn(C(=O)Cn2cnc([N+](=O)[O-])n2)c1=O. The normalized spacial score (nSPS) is 10.9. The van der Waals surface area contributed by atoms with Crippen LogP contribution in [0.1, 0.15) is 24.7 Å². The summed E-state index contributed by atoms with van der Waals surface area (Å²) in [6.45, 7) is 3.02. The topological polar surface area (TPSA) is 144 Å². The fourth-order valence-corrected chi connectivity index (χ4v) is 1.39. The second kappa shape index (κ2) is 4.99. The Kier molecular flexibility index (Phi) is 3.37. The standard InChI is InChI=1S/C8H10N8O4/c1-5(2)14-8(18)15(12-11-14)6(17)3-13-4-9-7(10-13)16(19)20/h4-5H,3H2,1-2H3. The Labute approximate surface area is 110 Å². The molecule has 0 saturated carbocycles. The molecule has 0 saturated heterocycles. The maximum Gasteiger partial charge on any atom is 0.490 e. The molecular formula is C8H10N8O4. The predicted molar refractivity (Wildman–Crippen MR) is 62.0 cm³/mol. The van der Waals surface area contributed by atoms with Crippen molar-refractivity contribution in [3.8, 4) is 0 Å². The summed E-state index contributed by atoms with van der Waals surface area (Å²) in [6.07, 6.45) is 1.02. The summed E-state index contributed by atoms with van der Waals surface area (Å²) in [5.74, 6) is -1.35. The summed E-state index contributed by atoms with van der Waals surface area (Å²) in [7, 11) is 0. The highest BCUT2D eigenvalue weighted by Gasteiger charge is 2.20. The lowest BCUT2D eigenvalue weighted by Crippen LogP contribution is -2.32. The first-order chi connectivity index (χ1) is 9.40. The molecule has 0 aliphatic heterocycles. The van der Waals surface area contributed by atoms with Gasteiger partial charge in [-0.1, -0.05) is 4.98 Å². The molecule has 12 nitrogen and oxygen atoms in total. The molecule has 0 spiro atoms. The molecule has 20 heavy (non-hydrogen) atoms. The van der Waals surface area contributed by atoms with Gasteiger partial charge in [0.05, 0.1) is 6.04 Å². The Morgan fingerprint density at radius 1 is 1.45 bits per heavy atom. The van der Waals surface area contributed by atoms with E-state index in [1.54, 1.807) is 13.8 Å². The van der Waals surface area contributed by atoms with Crippen LogP contribution in [-0.2, 0) is 6.54 Å². The molecule has 0 aliphatic carbocycles. The second-order valence-electron chi connectivity index (χ2n) is 4.10. The molecule has 0 aliphatic rings. The lowest BCUT2D eigenvalue weighted by Gasteiger charge is -1.99. The zero-order valence-electron chi connectivity index (χ0n) is 10.6. The van der Waals surface area contributed by atoms with Gasteiger partial charge in [-0.15, -0.1) is 4.68 Å². The molecule has 0 aromatic carbocycles. The Morgan fingerprint density at radius 2 is 2.15 bits per heavy atom. The summed E-state index contributed by atoms with van der Waals surface area (Å²) in [5.41, 5.74) is -0.681. The number of rotatable bonds is 4. The first kappa shape index (κ1) is 13.5. The monoisotopic (exact) mass is 282 g/mol. The fraction of sp³-hybridized carbons (Fsp3) is 0.500. The van der Waals surface area contributed by atoms with Gasteiger partial charge >= 0.3 is 11.6 Å². The van der Waals surface area contributed by atoms with Crippen molar-refractivity contribution in [1.82, 2.24) is 34.6 Å². The molecule has 0 bridgehead atoms. The molecule has 0 atom stereocenters. The highest BCUT2D eigenvalue weighted by molar-refractivity contribution is 5.77. The van der Waals surface area contributed by atoms with Crippen molar-refractivity contribution in [3.05, 3.63) is 26.9 Å². The van der Waals surface area contributed by atoms with Crippen LogP contribution >= 0.6 is 0 Å². The highest BCUT2D eigenvalue weighted by Crippen LogP contribution is 2.00. The molecule has 2 aromatic heterocycles. The molecular weight excluding hydrogens is 272 g/mol. The average Bonchev–Trinajstić information content (AvgIpc) is 2.95. The first-order valence-corrected chi connectivity index (χ1v) is 5.51. The minimum atomic E-state index is -0.789. The summed E-state index contributed by atoms with van der Waals surface area (Å²) >= 11 is 0. The molecule has 0 radical (unpaired) electrons. The second-order valence-corrected chi connectivity index (χ2v) is 4.10. The smallest absolute Gasteiger partial charge is 0.390 e. The average molecular weight is 282 g/mol. The molecule has 2 rings (SSSR count). The van der Waals surface area contributed by atoms with Crippen LogP contribution < -0.4 is 5.69 Å². The van der Waals surface area contributed by atoms with Crippen LogP contribution in [0.25, 0.3) is 0 Å². The Balaban J connectivity index is 2.20. The van der Waals surface area contributed by atoms with Crippen LogP contribution in [-0.4, -0.2) is 45.4 Å². The van der Waals surface area contributed by atoms with Gasteiger partial charge in [0.25, 0.3) is 5.91 Å². The van der Waals surface area contributed by atoms with Crippen LogP contribution in [0.5, 0.6) is 0 Å². The zero-order valence-corrected chi connectivity index (χ0v) is 10.6. The highest BCUT2D eigenvalue weighted by atomic mass is 16.6. The van der Waals surface area contributed by atoms with E-state index >= 15 is 0 Å². The largest absolute Gasteiger partial charge is 0.490 e. The molecule has 2 aromatic rings. The van der Waals surface area contributed by atoms with E-state index in [0.29, 0.717) is 4.68 Å². The molecule has 0 amide bonds. The van der Waals surface area contributed by atoms with Crippen molar-refractivity contribution < 1.29 is 9.72 Å². The van der Waals surface area contributed by atoms with Crippen molar-refractivity contribution in [1.29, 1.82) is 0 Å². The molecule has 106 valence electrons. The molecule has 0 fully saturated rings. The van der Waals surface area contributed by atoms with Crippen LogP contribution in [0.15, 0.2) is 11.1 Å². The number of carbonyl (C=O) groups is 1. The fourth-order valence-electron chi connectivity index (χ4n) is 1.39. The number of hydrogen-bond acceptors (Lipinski definition) is 8. The van der Waals surface area contributed by atoms with Crippen molar-refractivity contribution in [2.45, 2.75) is 26.4 Å². The van der Waals surface area contributed by atoms with E-state index in [0.717, 1.165) is 15.7 Å². The maximum absolute atomic E-state index is 11.8. The molecule has 12 heteroatoms. The van der Waals surface area contributed by atoms with Crippen molar-refractivity contribution in [2.75, 3.05) is 0 Å². The number of carbonyl (C=O) groups excluding carboxylic acids is 1. The minimum Gasteiger partial charge on any atom is -0.390 e. The first-order valence-electron chi connectivity index (χ1n) is 5.51. The van der Waals surface area contributed by atoms with E-state index in [-0.39, 0.29) is 6.04 Å². The number of aromatic nitrogens is 7. The zero-order chi connectivity index (χ0) is 14.9. The van der Waals surface area contributed by atoms with Gasteiger partial charge in [-0.05, 0) is 29.2 Å². The summed E-state index contributed by atoms with van der Waals surface area (Å²) in [5, 5.41) is 20.9. The maximum atomic E-state index is 11.8. The van der Waals surface area contributed by atoms with E-state index < -0.39 is 29.0 Å². The third-order valence-corrected chi connectivity index (χ3v) is 2.31. The molecule has 0 unspecified atom stereocenters. The number of nitrogens with zero attached hydrogens (tertiary/aromatic N) is 8. The quantitative estimate of drug-likeness (QED) is 0.389. The molecule has 0 N–H and O–H groups in total. The third kappa shape index (κ3) is 2.43.